The lowest BCUT2D eigenvalue weighted by atomic mass is 10.1. The van der Waals surface area contributed by atoms with Gasteiger partial charge >= 0.3 is 0 Å². The summed E-state index contributed by atoms with van der Waals surface area (Å²) in [4.78, 5) is 0. The first-order valence-electron chi connectivity index (χ1n) is 4.91. The van der Waals surface area contributed by atoms with Crippen molar-refractivity contribution >= 4 is 0 Å². The summed E-state index contributed by atoms with van der Waals surface area (Å²) in [5, 5.41) is 0. The van der Waals surface area contributed by atoms with Gasteiger partial charge in [0.25, 0.3) is 0 Å². The minimum atomic E-state index is 0.588. The first-order valence-corrected chi connectivity index (χ1v) is 4.91. The summed E-state index contributed by atoms with van der Waals surface area (Å²) in [6.45, 7) is 4.55. The molecule has 0 fully saturated rings. The van der Waals surface area contributed by atoms with Gasteiger partial charge in [0, 0.05) is 6.54 Å². The molecule has 1 aromatic carbocycles. The van der Waals surface area contributed by atoms with Gasteiger partial charge in [-0.2, -0.15) is 0 Å². The third kappa shape index (κ3) is 4.06. The zero-order valence-electron chi connectivity index (χ0n) is 8.45. The van der Waals surface area contributed by atoms with Crippen LogP contribution in [0.15, 0.2) is 54.6 Å². The molecule has 1 rings (SSSR count). The standard InChI is InChI=1S/C13H17N/c1-12(6-5-11-14)9-10-13-7-3-2-4-8-13/h2-8H,1,9-11,14H2/b6-5+. The van der Waals surface area contributed by atoms with Crippen LogP contribution in [-0.2, 0) is 6.42 Å². The maximum absolute atomic E-state index is 5.36. The Bertz CT molecular complexity index is 298. The van der Waals surface area contributed by atoms with Gasteiger partial charge in [-0.3, -0.25) is 0 Å². The molecule has 0 aliphatic heterocycles. The Labute approximate surface area is 85.9 Å². The maximum Gasteiger partial charge on any atom is 0.0110 e. The van der Waals surface area contributed by atoms with E-state index in [-0.39, 0.29) is 0 Å². The number of hydrogen-bond acceptors (Lipinski definition) is 1. The van der Waals surface area contributed by atoms with E-state index in [4.69, 9.17) is 5.73 Å². The van der Waals surface area contributed by atoms with Crippen molar-refractivity contribution in [2.24, 2.45) is 5.73 Å². The lowest BCUT2D eigenvalue weighted by molar-refractivity contribution is 0.968. The summed E-state index contributed by atoms with van der Waals surface area (Å²) >= 11 is 0. The molecule has 0 saturated carbocycles. The van der Waals surface area contributed by atoms with Crippen LogP contribution in [0.3, 0.4) is 0 Å². The van der Waals surface area contributed by atoms with Gasteiger partial charge in [0.15, 0.2) is 0 Å². The van der Waals surface area contributed by atoms with E-state index in [1.54, 1.807) is 0 Å². The third-order valence-electron chi connectivity index (χ3n) is 2.07. The summed E-state index contributed by atoms with van der Waals surface area (Å²) in [6, 6.07) is 10.4. The van der Waals surface area contributed by atoms with Crippen molar-refractivity contribution in [1.82, 2.24) is 0 Å². The van der Waals surface area contributed by atoms with Crippen LogP contribution in [0.5, 0.6) is 0 Å². The molecule has 0 amide bonds. The molecule has 2 N–H and O–H groups in total. The topological polar surface area (TPSA) is 26.0 Å². The molecule has 0 aliphatic rings. The van der Waals surface area contributed by atoms with Gasteiger partial charge in [0.2, 0.25) is 0 Å². The molecular weight excluding hydrogens is 170 g/mol. The van der Waals surface area contributed by atoms with Crippen LogP contribution in [0.4, 0.5) is 0 Å². The molecule has 0 spiro atoms. The second-order valence-electron chi connectivity index (χ2n) is 3.28. The zero-order valence-corrected chi connectivity index (χ0v) is 8.45. The van der Waals surface area contributed by atoms with Crippen LogP contribution in [-0.4, -0.2) is 6.54 Å². The molecule has 0 aromatic heterocycles. The van der Waals surface area contributed by atoms with Gasteiger partial charge in [0.05, 0.1) is 0 Å². The molecule has 0 heterocycles. The summed E-state index contributed by atoms with van der Waals surface area (Å²) in [7, 11) is 0. The molecule has 0 atom stereocenters. The second kappa shape index (κ2) is 6.17. The number of aryl methyl sites for hydroxylation is 1. The summed E-state index contributed by atoms with van der Waals surface area (Å²) in [6.07, 6.45) is 5.99. The van der Waals surface area contributed by atoms with Crippen LogP contribution in [0, 0.1) is 0 Å². The SMILES string of the molecule is C=C(/C=C/CN)CCc1ccccc1. The van der Waals surface area contributed by atoms with Crippen LogP contribution >= 0.6 is 0 Å². The first kappa shape index (κ1) is 10.7. The van der Waals surface area contributed by atoms with Crippen LogP contribution in [0.2, 0.25) is 0 Å². The summed E-state index contributed by atoms with van der Waals surface area (Å²) in [5.41, 5.74) is 7.85. The van der Waals surface area contributed by atoms with Crippen molar-refractivity contribution in [3.63, 3.8) is 0 Å². The lowest BCUT2D eigenvalue weighted by Gasteiger charge is -2.00. The van der Waals surface area contributed by atoms with E-state index in [1.807, 2.05) is 18.2 Å². The molecule has 1 heteroatoms. The fourth-order valence-corrected chi connectivity index (χ4v) is 1.27. The Kier molecular flexibility index (Phi) is 4.73. The molecule has 0 unspecified atom stereocenters. The van der Waals surface area contributed by atoms with Gasteiger partial charge < -0.3 is 5.73 Å². The predicted molar refractivity (Wildman–Crippen MR) is 62.1 cm³/mol. The molecule has 0 radical (unpaired) electrons. The van der Waals surface area contributed by atoms with Gasteiger partial charge in [-0.1, -0.05) is 54.6 Å². The summed E-state index contributed by atoms with van der Waals surface area (Å²) in [5.74, 6) is 0. The van der Waals surface area contributed by atoms with Crippen molar-refractivity contribution in [1.29, 1.82) is 0 Å². The van der Waals surface area contributed by atoms with Crippen molar-refractivity contribution < 1.29 is 0 Å². The fraction of sp³-hybridized carbons (Fsp3) is 0.231. The molecule has 1 aromatic rings. The normalized spacial score (nSPS) is 10.6. The largest absolute Gasteiger partial charge is 0.327 e. The van der Waals surface area contributed by atoms with Gasteiger partial charge in [-0.05, 0) is 18.4 Å². The number of hydrogen-bond donors (Lipinski definition) is 1. The van der Waals surface area contributed by atoms with E-state index < -0.39 is 0 Å². The minimum absolute atomic E-state index is 0.588. The molecular formula is C13H17N. The van der Waals surface area contributed by atoms with Crippen LogP contribution in [0.25, 0.3) is 0 Å². The first-order chi connectivity index (χ1) is 6.83. The number of rotatable bonds is 5. The highest BCUT2D eigenvalue weighted by Gasteiger charge is 1.92. The highest BCUT2D eigenvalue weighted by molar-refractivity contribution is 5.20. The number of nitrogens with two attached hydrogens (primary N) is 1. The molecule has 74 valence electrons. The van der Waals surface area contributed by atoms with Crippen LogP contribution < -0.4 is 5.73 Å². The van der Waals surface area contributed by atoms with E-state index in [1.165, 1.54) is 5.56 Å². The summed E-state index contributed by atoms with van der Waals surface area (Å²) < 4.78 is 0. The molecule has 1 nitrogen and oxygen atoms in total. The molecule has 0 bridgehead atoms. The monoisotopic (exact) mass is 187 g/mol. The Balaban J connectivity index is 2.34. The van der Waals surface area contributed by atoms with E-state index in [2.05, 4.69) is 30.8 Å². The lowest BCUT2D eigenvalue weighted by Crippen LogP contribution is -1.93. The predicted octanol–water partition coefficient (Wildman–Crippen LogP) is 2.69. The Hall–Kier alpha value is -1.34. The average Bonchev–Trinajstić information content (AvgIpc) is 2.25. The smallest absolute Gasteiger partial charge is 0.0110 e. The fourth-order valence-electron chi connectivity index (χ4n) is 1.27. The molecule has 0 saturated heterocycles. The quantitative estimate of drug-likeness (QED) is 0.705. The van der Waals surface area contributed by atoms with Crippen molar-refractivity contribution in [3.05, 3.63) is 60.2 Å². The van der Waals surface area contributed by atoms with Crippen molar-refractivity contribution in [2.75, 3.05) is 6.54 Å². The third-order valence-corrected chi connectivity index (χ3v) is 2.07. The van der Waals surface area contributed by atoms with E-state index in [0.29, 0.717) is 6.54 Å². The van der Waals surface area contributed by atoms with Crippen molar-refractivity contribution in [3.8, 4) is 0 Å². The van der Waals surface area contributed by atoms with Gasteiger partial charge in [-0.15, -0.1) is 0 Å². The zero-order chi connectivity index (χ0) is 10.2. The number of benzene rings is 1. The van der Waals surface area contributed by atoms with Gasteiger partial charge in [-0.25, -0.2) is 0 Å². The Morgan fingerprint density at radius 1 is 1.29 bits per heavy atom. The van der Waals surface area contributed by atoms with Gasteiger partial charge in [0.1, 0.15) is 0 Å². The van der Waals surface area contributed by atoms with Crippen LogP contribution in [0.1, 0.15) is 12.0 Å². The highest BCUT2D eigenvalue weighted by atomic mass is 14.5. The van der Waals surface area contributed by atoms with E-state index in [0.717, 1.165) is 18.4 Å². The van der Waals surface area contributed by atoms with Crippen molar-refractivity contribution in [2.45, 2.75) is 12.8 Å². The molecule has 0 aliphatic carbocycles. The average molecular weight is 187 g/mol. The maximum atomic E-state index is 5.36. The highest BCUT2D eigenvalue weighted by Crippen LogP contribution is 2.08. The Morgan fingerprint density at radius 3 is 2.64 bits per heavy atom. The second-order valence-corrected chi connectivity index (χ2v) is 3.28. The number of allylic oxidation sites excluding steroid dienone is 2. The Morgan fingerprint density at radius 2 is 2.00 bits per heavy atom. The van der Waals surface area contributed by atoms with E-state index >= 15 is 0 Å². The minimum Gasteiger partial charge on any atom is -0.327 e. The molecule has 14 heavy (non-hydrogen) atoms. The van der Waals surface area contributed by atoms with E-state index in [9.17, 15) is 0 Å².